The lowest BCUT2D eigenvalue weighted by atomic mass is 10.0. The Morgan fingerprint density at radius 1 is 1.30 bits per heavy atom. The van der Waals surface area contributed by atoms with E-state index < -0.39 is 0 Å². The van der Waals surface area contributed by atoms with Gasteiger partial charge in [0, 0.05) is 41.1 Å². The quantitative estimate of drug-likeness (QED) is 0.608. The molecule has 0 radical (unpaired) electrons. The van der Waals surface area contributed by atoms with Gasteiger partial charge in [0.2, 0.25) is 12.3 Å². The highest BCUT2D eigenvalue weighted by Gasteiger charge is 2.19. The van der Waals surface area contributed by atoms with Crippen LogP contribution in [0.15, 0.2) is 42.5 Å². The fourth-order valence-electron chi connectivity index (χ4n) is 3.86. The van der Waals surface area contributed by atoms with Gasteiger partial charge in [-0.2, -0.15) is 0 Å². The minimum Gasteiger partial charge on any atom is -0.357 e. The van der Waals surface area contributed by atoms with Crippen molar-refractivity contribution >= 4 is 34.8 Å². The first-order valence-corrected chi connectivity index (χ1v) is 10.5. The maximum atomic E-state index is 10.8. The van der Waals surface area contributed by atoms with Crippen molar-refractivity contribution in [2.75, 3.05) is 6.54 Å². The van der Waals surface area contributed by atoms with Gasteiger partial charge in [0.05, 0.1) is 6.54 Å². The van der Waals surface area contributed by atoms with E-state index in [1.54, 1.807) is 0 Å². The predicted octanol–water partition coefficient (Wildman–Crippen LogP) is 4.40. The molecule has 2 amide bonds. The van der Waals surface area contributed by atoms with Gasteiger partial charge in [0.15, 0.2) is 0 Å². The summed E-state index contributed by atoms with van der Waals surface area (Å²) in [6.45, 7) is 7.14. The third-order valence-electron chi connectivity index (χ3n) is 5.24. The molecule has 2 heterocycles. The summed E-state index contributed by atoms with van der Waals surface area (Å²) in [5.41, 5.74) is 6.11. The first kappa shape index (κ1) is 21.9. The van der Waals surface area contributed by atoms with E-state index in [0.717, 1.165) is 36.4 Å². The average Bonchev–Trinajstić information content (AvgIpc) is 3.06. The van der Waals surface area contributed by atoms with Crippen LogP contribution in [0.2, 0.25) is 5.02 Å². The van der Waals surface area contributed by atoms with E-state index in [4.69, 9.17) is 11.6 Å². The first-order chi connectivity index (χ1) is 14.4. The molecule has 0 spiro atoms. The molecule has 3 aromatic rings. The molecule has 0 fully saturated rings. The maximum absolute atomic E-state index is 10.8. The normalized spacial score (nSPS) is 13.8. The van der Waals surface area contributed by atoms with Crippen molar-refractivity contribution < 1.29 is 9.59 Å². The van der Waals surface area contributed by atoms with Crippen molar-refractivity contribution in [3.8, 4) is 0 Å². The lowest BCUT2D eigenvalue weighted by molar-refractivity contribution is -0.120. The van der Waals surface area contributed by atoms with Crippen LogP contribution in [0, 0.1) is 6.92 Å². The van der Waals surface area contributed by atoms with Crippen LogP contribution in [0.25, 0.3) is 10.9 Å². The van der Waals surface area contributed by atoms with Crippen LogP contribution in [0.4, 0.5) is 0 Å². The number of amides is 2. The Labute approximate surface area is 182 Å². The lowest BCUT2D eigenvalue weighted by Crippen LogP contribution is -2.32. The van der Waals surface area contributed by atoms with Crippen LogP contribution in [0.5, 0.6) is 0 Å². The van der Waals surface area contributed by atoms with E-state index in [2.05, 4.69) is 35.4 Å². The summed E-state index contributed by atoms with van der Waals surface area (Å²) in [7, 11) is 0. The van der Waals surface area contributed by atoms with Gasteiger partial charge in [-0.25, -0.2) is 0 Å². The molecule has 0 saturated heterocycles. The number of carbonyl (C=O) groups excluding carboxylic acids is 2. The Kier molecular flexibility index (Phi) is 7.16. The second-order valence-electron chi connectivity index (χ2n) is 7.85. The van der Waals surface area contributed by atoms with Crippen LogP contribution in [0.3, 0.4) is 0 Å². The molecular weight excluding hydrogens is 398 g/mol. The van der Waals surface area contributed by atoms with Gasteiger partial charge in [0.1, 0.15) is 0 Å². The van der Waals surface area contributed by atoms with Crippen molar-refractivity contribution in [1.82, 2.24) is 15.2 Å². The molecule has 1 aliphatic rings. The number of fused-ring (bicyclic) bond motifs is 3. The molecule has 1 atom stereocenters. The Hall–Kier alpha value is -2.79. The minimum atomic E-state index is -0.00967. The summed E-state index contributed by atoms with van der Waals surface area (Å²) in [5.74, 6) is -0.00967. The van der Waals surface area contributed by atoms with Gasteiger partial charge in [-0.1, -0.05) is 41.4 Å². The van der Waals surface area contributed by atoms with Crippen LogP contribution in [-0.2, 0) is 29.0 Å². The number of carbonyl (C=O) groups is 2. The summed E-state index contributed by atoms with van der Waals surface area (Å²) in [4.78, 5) is 26.8. The fraction of sp³-hybridized carbons (Fsp3) is 0.333. The Balaban J connectivity index is 0.000000173. The highest BCUT2D eigenvalue weighted by atomic mass is 35.5. The van der Waals surface area contributed by atoms with E-state index in [9.17, 15) is 9.59 Å². The minimum absolute atomic E-state index is 0.00967. The van der Waals surface area contributed by atoms with Crippen LogP contribution in [0.1, 0.15) is 36.2 Å². The second kappa shape index (κ2) is 9.81. The van der Waals surface area contributed by atoms with Gasteiger partial charge in [-0.15, -0.1) is 0 Å². The van der Waals surface area contributed by atoms with Gasteiger partial charge in [-0.05, 0) is 56.0 Å². The third kappa shape index (κ3) is 5.42. The summed E-state index contributed by atoms with van der Waals surface area (Å²) in [5, 5.41) is 4.90. The number of nitrogens with one attached hydrogen (secondary N) is 2. The number of halogens is 1. The van der Waals surface area contributed by atoms with Crippen molar-refractivity contribution in [3.63, 3.8) is 0 Å². The Morgan fingerprint density at radius 3 is 2.77 bits per heavy atom. The molecule has 4 rings (SSSR count). The van der Waals surface area contributed by atoms with Crippen LogP contribution >= 0.6 is 11.6 Å². The average molecular weight is 426 g/mol. The zero-order valence-electron chi connectivity index (χ0n) is 17.7. The van der Waals surface area contributed by atoms with E-state index in [0.29, 0.717) is 6.54 Å². The second-order valence-corrected chi connectivity index (χ2v) is 8.26. The number of rotatable bonds is 4. The molecular formula is C24H28ClN3O2. The molecule has 0 bridgehead atoms. The standard InChI is InChI=1S/C13H14N2O.C11H14ClNO/c1-9-2-3-12-11(6-9)10-4-5-15(8-16)7-13(10)14-12;1-8(13-9(2)14)7-10-5-3-4-6-11(10)12/h2-3,6,8,14H,4-5,7H2,1H3;3-6,8H,7H2,1-2H3,(H,13,14). The number of benzene rings is 2. The molecule has 5 nitrogen and oxygen atoms in total. The SMILES string of the molecule is CC(=O)NC(C)Cc1ccccc1Cl.Cc1ccc2[nH]c3c(c2c1)CCN(C=O)C3. The largest absolute Gasteiger partial charge is 0.357 e. The molecule has 0 aliphatic carbocycles. The van der Waals surface area contributed by atoms with Gasteiger partial charge < -0.3 is 15.2 Å². The number of nitrogens with zero attached hydrogens (tertiary/aromatic N) is 1. The summed E-state index contributed by atoms with van der Waals surface area (Å²) < 4.78 is 0. The molecule has 158 valence electrons. The van der Waals surface area contributed by atoms with E-state index >= 15 is 0 Å². The van der Waals surface area contributed by atoms with Crippen molar-refractivity contribution in [1.29, 1.82) is 0 Å². The summed E-state index contributed by atoms with van der Waals surface area (Å²) in [6.07, 6.45) is 2.65. The van der Waals surface area contributed by atoms with Gasteiger partial charge in [-0.3, -0.25) is 9.59 Å². The Morgan fingerprint density at radius 2 is 2.07 bits per heavy atom. The topological polar surface area (TPSA) is 65.2 Å². The number of hydrogen-bond acceptors (Lipinski definition) is 2. The number of hydrogen-bond donors (Lipinski definition) is 2. The molecule has 6 heteroatoms. The molecule has 30 heavy (non-hydrogen) atoms. The first-order valence-electron chi connectivity index (χ1n) is 10.2. The van der Waals surface area contributed by atoms with E-state index in [-0.39, 0.29) is 11.9 Å². The van der Waals surface area contributed by atoms with Gasteiger partial charge >= 0.3 is 0 Å². The molecule has 0 saturated carbocycles. The molecule has 2 aromatic carbocycles. The van der Waals surface area contributed by atoms with E-state index in [1.807, 2.05) is 36.1 Å². The molecule has 1 aliphatic heterocycles. The third-order valence-corrected chi connectivity index (χ3v) is 5.61. The predicted molar refractivity (Wildman–Crippen MR) is 122 cm³/mol. The summed E-state index contributed by atoms with van der Waals surface area (Å²) in [6, 6.07) is 14.2. The molecule has 1 aromatic heterocycles. The fourth-order valence-corrected chi connectivity index (χ4v) is 4.07. The monoisotopic (exact) mass is 425 g/mol. The zero-order valence-corrected chi connectivity index (χ0v) is 18.4. The van der Waals surface area contributed by atoms with Crippen molar-refractivity contribution in [2.24, 2.45) is 0 Å². The zero-order chi connectivity index (χ0) is 21.7. The smallest absolute Gasteiger partial charge is 0.217 e. The van der Waals surface area contributed by atoms with Gasteiger partial charge in [0.25, 0.3) is 0 Å². The Bertz CT molecular complexity index is 1040. The van der Waals surface area contributed by atoms with E-state index in [1.165, 1.54) is 34.6 Å². The number of aromatic nitrogens is 1. The number of H-pyrrole nitrogens is 1. The van der Waals surface area contributed by atoms with Crippen LogP contribution in [-0.4, -0.2) is 34.8 Å². The van der Waals surface area contributed by atoms with Crippen LogP contribution < -0.4 is 5.32 Å². The maximum Gasteiger partial charge on any atom is 0.217 e. The lowest BCUT2D eigenvalue weighted by Gasteiger charge is -2.22. The molecule has 2 N–H and O–H groups in total. The van der Waals surface area contributed by atoms with Crippen molar-refractivity contribution in [2.45, 2.75) is 46.2 Å². The molecule has 1 unspecified atom stereocenters. The number of aryl methyl sites for hydroxylation is 1. The van der Waals surface area contributed by atoms with Crippen molar-refractivity contribution in [3.05, 3.63) is 69.9 Å². The summed E-state index contributed by atoms with van der Waals surface area (Å²) >= 11 is 5.99. The highest BCUT2D eigenvalue weighted by Crippen LogP contribution is 2.27. The number of aromatic amines is 1. The highest BCUT2D eigenvalue weighted by molar-refractivity contribution is 6.31.